The summed E-state index contributed by atoms with van der Waals surface area (Å²) in [5, 5.41) is 2.32. The molecule has 3 rings (SSSR count). The van der Waals surface area contributed by atoms with Gasteiger partial charge in [0.1, 0.15) is 5.82 Å². The lowest BCUT2D eigenvalue weighted by molar-refractivity contribution is 0.177. The predicted octanol–water partition coefficient (Wildman–Crippen LogP) is 4.79. The molecule has 0 aromatic heterocycles. The van der Waals surface area contributed by atoms with Gasteiger partial charge in [-0.1, -0.05) is 93.6 Å². The molecule has 0 aliphatic heterocycles. The maximum atomic E-state index is 13.4. The van der Waals surface area contributed by atoms with Crippen molar-refractivity contribution in [3.8, 4) is 0 Å². The number of benzene rings is 3. The molecule has 0 aliphatic carbocycles. The maximum Gasteiger partial charge on any atom is 0.261 e. The first-order chi connectivity index (χ1) is 13.8. The first kappa shape index (κ1) is 21.4. The largest absolute Gasteiger partial charge is 0.403 e. The van der Waals surface area contributed by atoms with Crippen LogP contribution in [-0.2, 0) is 4.43 Å². The molecule has 0 amide bonds. The highest BCUT2D eigenvalue weighted by atomic mass is 28.4. The molecular weight excluding hydrogens is 377 g/mol. The van der Waals surface area contributed by atoms with Crippen molar-refractivity contribution in [3.05, 3.63) is 96.3 Å². The molecule has 0 spiro atoms. The standard InChI is InChI=1S/C25H30FNOSi/c1-19(24(27)20-15-17-21(26)18-16-20)28-29(25(2,3)4,22-11-7-5-8-12-22)23-13-9-6-10-14-23/h5-19,24H,27H2,1-4H3/t19-,24+/m1/s1. The van der Waals surface area contributed by atoms with Crippen LogP contribution in [0, 0.1) is 5.82 Å². The topological polar surface area (TPSA) is 35.2 Å². The fraction of sp³-hybridized carbons (Fsp3) is 0.280. The van der Waals surface area contributed by atoms with E-state index in [1.807, 2.05) is 19.1 Å². The van der Waals surface area contributed by atoms with Crippen LogP contribution in [0.4, 0.5) is 4.39 Å². The third-order valence-electron chi connectivity index (χ3n) is 5.54. The summed E-state index contributed by atoms with van der Waals surface area (Å²) in [5.74, 6) is -0.262. The molecule has 3 aromatic carbocycles. The third kappa shape index (κ3) is 4.35. The van der Waals surface area contributed by atoms with Crippen LogP contribution in [-0.4, -0.2) is 14.4 Å². The number of rotatable bonds is 6. The van der Waals surface area contributed by atoms with Gasteiger partial charge in [-0.3, -0.25) is 0 Å². The first-order valence-electron chi connectivity index (χ1n) is 10.1. The third-order valence-corrected chi connectivity index (χ3v) is 10.7. The summed E-state index contributed by atoms with van der Waals surface area (Å²) >= 11 is 0. The Morgan fingerprint density at radius 1 is 0.793 bits per heavy atom. The van der Waals surface area contributed by atoms with Gasteiger partial charge in [0.05, 0.1) is 12.1 Å². The monoisotopic (exact) mass is 407 g/mol. The summed E-state index contributed by atoms with van der Waals surface area (Å²) in [5.41, 5.74) is 7.44. The van der Waals surface area contributed by atoms with Crippen molar-refractivity contribution in [1.29, 1.82) is 0 Å². The highest BCUT2D eigenvalue weighted by molar-refractivity contribution is 6.99. The van der Waals surface area contributed by atoms with Crippen molar-refractivity contribution in [2.45, 2.75) is 44.9 Å². The van der Waals surface area contributed by atoms with Gasteiger partial charge in [-0.05, 0) is 40.0 Å². The Hall–Kier alpha value is -2.27. The van der Waals surface area contributed by atoms with Gasteiger partial charge in [0.2, 0.25) is 0 Å². The zero-order valence-electron chi connectivity index (χ0n) is 17.6. The normalized spacial score (nSPS) is 14.4. The van der Waals surface area contributed by atoms with E-state index < -0.39 is 8.32 Å². The summed E-state index contributed by atoms with van der Waals surface area (Å²) in [7, 11) is -2.67. The molecular formula is C25H30FNOSi. The van der Waals surface area contributed by atoms with Gasteiger partial charge >= 0.3 is 0 Å². The predicted molar refractivity (Wildman–Crippen MR) is 121 cm³/mol. The Kier molecular flexibility index (Phi) is 6.37. The molecule has 0 saturated carbocycles. The summed E-state index contributed by atoms with van der Waals surface area (Å²) < 4.78 is 20.4. The van der Waals surface area contributed by atoms with Crippen molar-refractivity contribution >= 4 is 18.7 Å². The molecule has 0 heterocycles. The second kappa shape index (κ2) is 8.62. The average molecular weight is 408 g/mol. The lowest BCUT2D eigenvalue weighted by atomic mass is 10.0. The fourth-order valence-electron chi connectivity index (χ4n) is 4.00. The molecule has 152 valence electrons. The SMILES string of the molecule is C[C@@H](O[Si](c1ccccc1)(c1ccccc1)C(C)(C)C)[C@H](N)c1ccc(F)cc1. The van der Waals surface area contributed by atoms with Gasteiger partial charge in [0.15, 0.2) is 0 Å². The summed E-state index contributed by atoms with van der Waals surface area (Å²) in [6.45, 7) is 8.76. The van der Waals surface area contributed by atoms with Crippen LogP contribution in [0.3, 0.4) is 0 Å². The molecule has 0 radical (unpaired) electrons. The van der Waals surface area contributed by atoms with Crippen molar-refractivity contribution in [3.63, 3.8) is 0 Å². The number of halogens is 1. The zero-order valence-corrected chi connectivity index (χ0v) is 18.6. The minimum atomic E-state index is -2.67. The number of nitrogens with two attached hydrogens (primary N) is 1. The van der Waals surface area contributed by atoms with Crippen molar-refractivity contribution in [1.82, 2.24) is 0 Å². The quantitative estimate of drug-likeness (QED) is 0.596. The Balaban J connectivity index is 2.09. The molecule has 3 aromatic rings. The number of hydrogen-bond donors (Lipinski definition) is 1. The van der Waals surface area contributed by atoms with Crippen LogP contribution in [0.2, 0.25) is 5.04 Å². The molecule has 2 N–H and O–H groups in total. The smallest absolute Gasteiger partial charge is 0.261 e. The van der Waals surface area contributed by atoms with Crippen molar-refractivity contribution in [2.75, 3.05) is 0 Å². The lowest BCUT2D eigenvalue weighted by Crippen LogP contribution is -2.68. The van der Waals surface area contributed by atoms with Crippen molar-refractivity contribution in [2.24, 2.45) is 5.73 Å². The second-order valence-corrected chi connectivity index (χ2v) is 12.8. The lowest BCUT2D eigenvalue weighted by Gasteiger charge is -2.45. The van der Waals surface area contributed by atoms with E-state index in [1.165, 1.54) is 22.5 Å². The van der Waals surface area contributed by atoms with E-state index in [2.05, 4.69) is 69.3 Å². The van der Waals surface area contributed by atoms with Crippen LogP contribution in [0.5, 0.6) is 0 Å². The van der Waals surface area contributed by atoms with Crippen molar-refractivity contribution < 1.29 is 8.82 Å². The minimum absolute atomic E-state index is 0.119. The minimum Gasteiger partial charge on any atom is -0.403 e. The highest BCUT2D eigenvalue weighted by Crippen LogP contribution is 2.38. The fourth-order valence-corrected chi connectivity index (χ4v) is 8.72. The van der Waals surface area contributed by atoms with Gasteiger partial charge < -0.3 is 10.2 Å². The molecule has 0 saturated heterocycles. The van der Waals surface area contributed by atoms with E-state index >= 15 is 0 Å². The summed E-state index contributed by atoms with van der Waals surface area (Å²) in [6.07, 6.45) is -0.244. The average Bonchev–Trinajstić information content (AvgIpc) is 2.72. The Morgan fingerprint density at radius 3 is 1.66 bits per heavy atom. The molecule has 0 fully saturated rings. The molecule has 29 heavy (non-hydrogen) atoms. The van der Waals surface area contributed by atoms with Gasteiger partial charge in [-0.2, -0.15) is 0 Å². The van der Waals surface area contributed by atoms with Gasteiger partial charge in [-0.15, -0.1) is 0 Å². The van der Waals surface area contributed by atoms with Gasteiger partial charge in [0, 0.05) is 0 Å². The van der Waals surface area contributed by atoms with Crippen LogP contribution >= 0.6 is 0 Å². The zero-order chi connectivity index (χ0) is 21.1. The number of hydrogen-bond acceptors (Lipinski definition) is 2. The van der Waals surface area contributed by atoms with E-state index in [0.717, 1.165) is 5.56 Å². The van der Waals surface area contributed by atoms with E-state index in [-0.39, 0.29) is 23.0 Å². The van der Waals surface area contributed by atoms with Crippen LogP contribution in [0.1, 0.15) is 39.3 Å². The first-order valence-corrected chi connectivity index (χ1v) is 12.0. The summed E-state index contributed by atoms with van der Waals surface area (Å²) in [4.78, 5) is 0. The molecule has 0 unspecified atom stereocenters. The molecule has 4 heteroatoms. The summed E-state index contributed by atoms with van der Waals surface area (Å²) in [6, 6.07) is 27.0. The Morgan fingerprint density at radius 2 is 1.24 bits per heavy atom. The van der Waals surface area contributed by atoms with E-state index in [4.69, 9.17) is 10.2 Å². The van der Waals surface area contributed by atoms with E-state index in [9.17, 15) is 4.39 Å². The molecule has 0 aliphatic rings. The highest BCUT2D eigenvalue weighted by Gasteiger charge is 2.51. The molecule has 2 nitrogen and oxygen atoms in total. The molecule has 2 atom stereocenters. The second-order valence-electron chi connectivity index (χ2n) is 8.56. The Bertz CT molecular complexity index is 868. The van der Waals surface area contributed by atoms with Gasteiger partial charge in [-0.25, -0.2) is 4.39 Å². The van der Waals surface area contributed by atoms with Gasteiger partial charge in [0.25, 0.3) is 8.32 Å². The van der Waals surface area contributed by atoms with Crippen LogP contribution in [0.15, 0.2) is 84.9 Å². The van der Waals surface area contributed by atoms with Crippen LogP contribution in [0.25, 0.3) is 0 Å². The van der Waals surface area contributed by atoms with E-state index in [0.29, 0.717) is 0 Å². The maximum absolute atomic E-state index is 13.4. The Labute approximate surface area is 174 Å². The van der Waals surface area contributed by atoms with E-state index in [1.54, 1.807) is 12.1 Å². The molecule has 0 bridgehead atoms. The van der Waals surface area contributed by atoms with Crippen LogP contribution < -0.4 is 16.1 Å².